The van der Waals surface area contributed by atoms with Gasteiger partial charge in [0.25, 0.3) is 0 Å². The van der Waals surface area contributed by atoms with Gasteiger partial charge in [-0.05, 0) is 23.3 Å². The monoisotopic (exact) mass is 563 g/mol. The number of hydrogen-bond acceptors (Lipinski definition) is 12. The fourth-order valence-electron chi connectivity index (χ4n) is 3.44. The van der Waals surface area contributed by atoms with Gasteiger partial charge in [-0.15, -0.1) is 0 Å². The van der Waals surface area contributed by atoms with E-state index in [4.69, 9.17) is 30.9 Å². The second-order valence-corrected chi connectivity index (χ2v) is 12.8. The molecule has 0 radical (unpaired) electrons. The van der Waals surface area contributed by atoms with Crippen LogP contribution in [0.15, 0.2) is 12.7 Å². The fourth-order valence-corrected chi connectivity index (χ4v) is 7.52. The number of nitrogen functional groups attached to an aromatic ring is 1. The van der Waals surface area contributed by atoms with Crippen molar-refractivity contribution >= 4 is 63.2 Å². The lowest BCUT2D eigenvalue weighted by molar-refractivity contribution is -0.174. The largest absolute Gasteiger partial charge is 0.481 e. The number of aliphatic hydroxyl groups excluding tert-OH is 3. The van der Waals surface area contributed by atoms with Crippen molar-refractivity contribution in [1.82, 2.24) is 19.5 Å². The molecule has 2 aliphatic rings. The van der Waals surface area contributed by atoms with Crippen LogP contribution in [0, 0.1) is 5.92 Å². The number of fused-ring (bicyclic) bond motifs is 1. The molecular weight excluding hydrogens is 543 g/mol. The summed E-state index contributed by atoms with van der Waals surface area (Å²) in [5.74, 6) is -6.40. The molecule has 6 atom stereocenters. The lowest BCUT2D eigenvalue weighted by Crippen LogP contribution is -2.52. The summed E-state index contributed by atoms with van der Waals surface area (Å²) < 4.78 is 6.85. The van der Waals surface area contributed by atoms with Gasteiger partial charge in [0.2, 0.25) is 0 Å². The zero-order valence-electron chi connectivity index (χ0n) is 17.9. The van der Waals surface area contributed by atoms with Crippen molar-refractivity contribution in [3.8, 4) is 0 Å². The molecule has 36 heavy (non-hydrogen) atoms. The van der Waals surface area contributed by atoms with Gasteiger partial charge < -0.3 is 46.2 Å². The van der Waals surface area contributed by atoms with E-state index in [1.165, 1.54) is 17.2 Å². The number of rotatable bonds is 8. The molecule has 0 amide bonds. The predicted molar refractivity (Wildman–Crippen MR) is 124 cm³/mol. The maximum atomic E-state index is 11.0. The molecule has 1 fully saturated rings. The first-order valence-electron chi connectivity index (χ1n) is 9.86. The first-order chi connectivity index (χ1) is 16.9. The molecule has 0 saturated carbocycles. The third-order valence-corrected chi connectivity index (χ3v) is 11.3. The summed E-state index contributed by atoms with van der Waals surface area (Å²) in [5.41, 5.74) is 3.64. The highest BCUT2D eigenvalue weighted by Gasteiger charge is 2.52. The van der Waals surface area contributed by atoms with E-state index in [-0.39, 0.29) is 5.82 Å². The van der Waals surface area contributed by atoms with Gasteiger partial charge in [0.15, 0.2) is 23.3 Å². The fraction of sp³-hybridized carbons (Fsp3) is 0.471. The van der Waals surface area contributed by atoms with E-state index in [1.54, 1.807) is 0 Å². The molecule has 0 aliphatic carbocycles. The van der Waals surface area contributed by atoms with Gasteiger partial charge in [-0.25, -0.2) is 19.7 Å². The summed E-state index contributed by atoms with van der Waals surface area (Å²) in [6.45, 7) is -0.390. The van der Waals surface area contributed by atoms with Gasteiger partial charge in [-0.1, -0.05) is 0 Å². The van der Waals surface area contributed by atoms with E-state index >= 15 is 0 Å². The Balaban J connectivity index is 0.000000202. The van der Waals surface area contributed by atoms with Crippen molar-refractivity contribution in [1.29, 1.82) is 0 Å². The third-order valence-electron chi connectivity index (χ3n) is 5.25. The number of carboxylic acid groups (broad SMARTS) is 3. The molecule has 2 aromatic heterocycles. The van der Waals surface area contributed by atoms with Gasteiger partial charge in [0.05, 0.1) is 19.4 Å². The minimum Gasteiger partial charge on any atom is -0.481 e. The molecule has 1 saturated heterocycles. The first-order valence-corrected chi connectivity index (χ1v) is 14.0. The van der Waals surface area contributed by atoms with Gasteiger partial charge in [-0.3, -0.25) is 14.2 Å². The molecule has 194 valence electrons. The van der Waals surface area contributed by atoms with E-state index < -0.39 is 67.0 Å². The predicted octanol–water partition coefficient (Wildman–Crippen LogP) is -1.19. The molecule has 16 nitrogen and oxygen atoms in total. The van der Waals surface area contributed by atoms with Crippen molar-refractivity contribution in [2.24, 2.45) is 5.92 Å². The molecule has 4 rings (SSSR count). The molecule has 4 heterocycles. The van der Waals surface area contributed by atoms with Crippen LogP contribution in [0.1, 0.15) is 12.6 Å². The molecule has 19 heteroatoms. The van der Waals surface area contributed by atoms with Crippen molar-refractivity contribution in [2.75, 3.05) is 12.3 Å². The SMILES string of the molecule is Nc1ncnc2c1ncn2[C@@H]1O[C@H](CO)[C@@H](O)[C@H]1O.O=C(O)CC(O)(C(=O)O)C(C(=O)O)C1=PP=P1. The van der Waals surface area contributed by atoms with Crippen LogP contribution >= 0.6 is 23.3 Å². The summed E-state index contributed by atoms with van der Waals surface area (Å²) in [5, 5.41) is 65.3. The second-order valence-electron chi connectivity index (χ2n) is 7.53. The normalized spacial score (nSPS) is 26.5. The van der Waals surface area contributed by atoms with Crippen LogP contribution < -0.4 is 5.73 Å². The Morgan fingerprint density at radius 1 is 1.17 bits per heavy atom. The number of aromatic nitrogens is 4. The van der Waals surface area contributed by atoms with Crippen LogP contribution in [-0.4, -0.2) is 109 Å². The zero-order valence-corrected chi connectivity index (χ0v) is 20.6. The number of anilines is 1. The van der Waals surface area contributed by atoms with Crippen LogP contribution in [0.4, 0.5) is 5.82 Å². The average molecular weight is 563 g/mol. The Labute approximate surface area is 205 Å². The summed E-state index contributed by atoms with van der Waals surface area (Å²) in [6, 6.07) is 0. The van der Waals surface area contributed by atoms with Crippen LogP contribution in [0.3, 0.4) is 0 Å². The molecule has 0 spiro atoms. The van der Waals surface area contributed by atoms with E-state index in [1.807, 2.05) is 0 Å². The Bertz CT molecular complexity index is 1240. The van der Waals surface area contributed by atoms with Crippen LogP contribution in [-0.2, 0) is 19.1 Å². The van der Waals surface area contributed by atoms with Crippen LogP contribution in [0.25, 0.3) is 11.2 Å². The lowest BCUT2D eigenvalue weighted by atomic mass is 9.85. The molecule has 9 N–H and O–H groups in total. The first kappa shape index (κ1) is 27.9. The highest BCUT2D eigenvalue weighted by Crippen LogP contribution is 2.49. The summed E-state index contributed by atoms with van der Waals surface area (Å²) in [7, 11) is 2.11. The van der Waals surface area contributed by atoms with Crippen molar-refractivity contribution < 1.29 is 54.9 Å². The minimum atomic E-state index is -2.80. The van der Waals surface area contributed by atoms with E-state index in [9.17, 15) is 29.7 Å². The number of carboxylic acids is 3. The number of ether oxygens (including phenoxy) is 1. The van der Waals surface area contributed by atoms with E-state index in [2.05, 4.69) is 15.0 Å². The highest BCUT2D eigenvalue weighted by atomic mass is 32.2. The standard InChI is InChI=1S/C10H13N5O4.C7H7O7P3/c11-8-5-9(13-2-12-8)15(3-14-5)10-7(18)6(17)4(1-16)19-10;8-2(9)1-7(14,6(12)13)3(4(10)11)5-15-17-16-5/h2-4,6-7,10,16-18H,1H2,(H2,11,12,13);3,14H,1H2,(H,8,9)(H,10,11)(H,12,13)/t4-,6-,7-,10-;/m1./s1. The average Bonchev–Trinajstić information content (AvgIpc) is 3.32. The van der Waals surface area contributed by atoms with Gasteiger partial charge in [0, 0.05) is 5.03 Å². The topological polar surface area (TPSA) is 272 Å². The van der Waals surface area contributed by atoms with Crippen LogP contribution in [0.5, 0.6) is 0 Å². The van der Waals surface area contributed by atoms with Crippen molar-refractivity contribution in [3.05, 3.63) is 12.7 Å². The minimum absolute atomic E-state index is 0.218. The van der Waals surface area contributed by atoms with Gasteiger partial charge in [0.1, 0.15) is 36.1 Å². The Kier molecular flexibility index (Phi) is 8.65. The van der Waals surface area contributed by atoms with Gasteiger partial charge >= 0.3 is 17.9 Å². The van der Waals surface area contributed by atoms with Crippen molar-refractivity contribution in [3.63, 3.8) is 0 Å². The maximum absolute atomic E-state index is 11.0. The number of hydrogen-bond donors (Lipinski definition) is 8. The number of nitrogens with two attached hydrogens (primary N) is 1. The van der Waals surface area contributed by atoms with Gasteiger partial charge in [-0.2, -0.15) is 0 Å². The van der Waals surface area contributed by atoms with Crippen molar-refractivity contribution in [2.45, 2.75) is 36.6 Å². The number of imidazole rings is 1. The molecule has 0 bridgehead atoms. The Morgan fingerprint density at radius 2 is 1.83 bits per heavy atom. The number of nitrogens with zero attached hydrogens (tertiary/aromatic N) is 4. The number of aliphatic hydroxyl groups is 4. The molecule has 2 aliphatic heterocycles. The molecule has 0 aromatic carbocycles. The lowest BCUT2D eigenvalue weighted by Gasteiger charge is -2.29. The summed E-state index contributed by atoms with van der Waals surface area (Å²) >= 11 is 0. The Hall–Kier alpha value is -2.67. The maximum Gasteiger partial charge on any atom is 0.337 e. The molecule has 2 unspecified atom stereocenters. The summed E-state index contributed by atoms with van der Waals surface area (Å²) in [6.07, 6.45) is -2.57. The smallest absolute Gasteiger partial charge is 0.337 e. The van der Waals surface area contributed by atoms with E-state index in [0.717, 1.165) is 7.56 Å². The summed E-state index contributed by atoms with van der Waals surface area (Å²) in [4.78, 5) is 44.4. The quantitative estimate of drug-likeness (QED) is 0.175. The molecular formula is C17H20N5O11P3. The Morgan fingerprint density at radius 3 is 2.31 bits per heavy atom. The molecule has 2 aromatic rings. The number of aliphatic carboxylic acids is 3. The zero-order chi connectivity index (χ0) is 26.8. The third kappa shape index (κ3) is 5.36. The second kappa shape index (κ2) is 11.2. The van der Waals surface area contributed by atoms with Crippen LogP contribution in [0.2, 0.25) is 0 Å². The van der Waals surface area contributed by atoms with E-state index in [0.29, 0.717) is 32.0 Å². The number of carbonyl (C=O) groups is 3. The highest BCUT2D eigenvalue weighted by molar-refractivity contribution is 8.38.